The Morgan fingerprint density at radius 2 is 2.12 bits per heavy atom. The van der Waals surface area contributed by atoms with E-state index in [0.717, 1.165) is 5.69 Å². The molecule has 0 radical (unpaired) electrons. The summed E-state index contributed by atoms with van der Waals surface area (Å²) in [6.07, 6.45) is 0.0479. The first kappa shape index (κ1) is 12.3. The summed E-state index contributed by atoms with van der Waals surface area (Å²) < 4.78 is 4.15. The predicted molar refractivity (Wildman–Crippen MR) is 70.0 cm³/mol. The van der Waals surface area contributed by atoms with Crippen LogP contribution in [0.5, 0.6) is 0 Å². The maximum Gasteiger partial charge on any atom is 0.207 e. The van der Waals surface area contributed by atoms with E-state index in [2.05, 4.69) is 14.7 Å². The van der Waals surface area contributed by atoms with E-state index in [4.69, 9.17) is 11.6 Å². The summed E-state index contributed by atoms with van der Waals surface area (Å²) in [5, 5.41) is 13.8. The van der Waals surface area contributed by atoms with Crippen molar-refractivity contribution in [3.05, 3.63) is 35.1 Å². The lowest BCUT2D eigenvalue weighted by molar-refractivity contribution is 0.193. The van der Waals surface area contributed by atoms with Gasteiger partial charge in [-0.2, -0.15) is 4.37 Å². The van der Waals surface area contributed by atoms with Gasteiger partial charge in [0.05, 0.1) is 6.10 Å². The Hall–Kier alpha value is -1.17. The first-order chi connectivity index (χ1) is 8.13. The fraction of sp³-hybridized carbons (Fsp3) is 0.273. The molecule has 0 bridgehead atoms. The molecule has 0 saturated heterocycles. The minimum Gasteiger partial charge on any atom is -0.393 e. The summed E-state index contributed by atoms with van der Waals surface area (Å²) in [5.74, 6) is 0.654. The molecule has 2 rings (SSSR count). The lowest BCUT2D eigenvalue weighted by Crippen LogP contribution is -2.05. The minimum absolute atomic E-state index is 0.423. The molecular formula is C11H12ClN3OS. The molecule has 0 aliphatic rings. The molecule has 0 fully saturated rings. The Morgan fingerprint density at radius 1 is 1.41 bits per heavy atom. The van der Waals surface area contributed by atoms with Crippen molar-refractivity contribution in [1.82, 2.24) is 9.36 Å². The van der Waals surface area contributed by atoms with E-state index >= 15 is 0 Å². The monoisotopic (exact) mass is 269 g/mol. The standard InChI is InChI=1S/C11H12ClN3OS/c1-7(16)6-10-14-11(17-15-10)13-9-4-2-8(12)3-5-9/h2-5,7,16H,6H2,1H3,(H,13,14,15). The Bertz CT molecular complexity index is 484. The van der Waals surface area contributed by atoms with Crippen LogP contribution in [0.1, 0.15) is 12.7 Å². The lowest BCUT2D eigenvalue weighted by atomic mass is 10.3. The van der Waals surface area contributed by atoms with Crippen LogP contribution in [0, 0.1) is 0 Å². The van der Waals surface area contributed by atoms with E-state index in [9.17, 15) is 5.11 Å². The van der Waals surface area contributed by atoms with Gasteiger partial charge in [0.15, 0.2) is 0 Å². The van der Waals surface area contributed by atoms with Crippen LogP contribution in [0.4, 0.5) is 10.8 Å². The number of aliphatic hydroxyl groups excluding tert-OH is 1. The number of nitrogens with one attached hydrogen (secondary N) is 1. The molecule has 0 aliphatic heterocycles. The number of benzene rings is 1. The average molecular weight is 270 g/mol. The number of aromatic nitrogens is 2. The van der Waals surface area contributed by atoms with Crippen molar-refractivity contribution in [2.45, 2.75) is 19.4 Å². The zero-order chi connectivity index (χ0) is 12.3. The summed E-state index contributed by atoms with van der Waals surface area (Å²) in [5.41, 5.74) is 0.911. The highest BCUT2D eigenvalue weighted by atomic mass is 35.5. The molecule has 0 amide bonds. The normalized spacial score (nSPS) is 12.4. The van der Waals surface area contributed by atoms with Gasteiger partial charge in [0.1, 0.15) is 5.82 Å². The molecule has 0 spiro atoms. The predicted octanol–water partition coefficient (Wildman–Crippen LogP) is 2.86. The van der Waals surface area contributed by atoms with Crippen LogP contribution in [0.25, 0.3) is 0 Å². The molecule has 6 heteroatoms. The number of anilines is 2. The zero-order valence-electron chi connectivity index (χ0n) is 9.22. The second-order valence-electron chi connectivity index (χ2n) is 3.70. The first-order valence-corrected chi connectivity index (χ1v) is 6.32. The smallest absolute Gasteiger partial charge is 0.207 e. The van der Waals surface area contributed by atoms with Crippen molar-refractivity contribution in [2.75, 3.05) is 5.32 Å². The summed E-state index contributed by atoms with van der Waals surface area (Å²) in [6.45, 7) is 1.72. The van der Waals surface area contributed by atoms with E-state index in [-0.39, 0.29) is 0 Å². The number of halogens is 1. The van der Waals surface area contributed by atoms with Gasteiger partial charge in [-0.05, 0) is 31.2 Å². The second-order valence-corrected chi connectivity index (χ2v) is 4.89. The van der Waals surface area contributed by atoms with Crippen LogP contribution in [0.3, 0.4) is 0 Å². The van der Waals surface area contributed by atoms with Crippen LogP contribution < -0.4 is 5.32 Å². The Balaban J connectivity index is 2.03. The molecule has 1 aromatic heterocycles. The van der Waals surface area contributed by atoms with Crippen molar-refractivity contribution in [3.63, 3.8) is 0 Å². The van der Waals surface area contributed by atoms with Crippen LogP contribution in [-0.4, -0.2) is 20.6 Å². The number of rotatable bonds is 4. The van der Waals surface area contributed by atoms with E-state index < -0.39 is 6.10 Å². The van der Waals surface area contributed by atoms with E-state index in [1.165, 1.54) is 11.5 Å². The SMILES string of the molecule is CC(O)Cc1nsc(Nc2ccc(Cl)cc2)n1. The Morgan fingerprint density at radius 3 is 2.76 bits per heavy atom. The summed E-state index contributed by atoms with van der Waals surface area (Å²) >= 11 is 7.07. The van der Waals surface area contributed by atoms with Gasteiger partial charge in [-0.25, -0.2) is 4.98 Å². The highest BCUT2D eigenvalue weighted by Gasteiger charge is 2.06. The molecule has 90 valence electrons. The third-order valence-corrected chi connectivity index (χ3v) is 2.96. The van der Waals surface area contributed by atoms with Gasteiger partial charge in [0.25, 0.3) is 0 Å². The quantitative estimate of drug-likeness (QED) is 0.896. The van der Waals surface area contributed by atoms with Crippen LogP contribution in [-0.2, 0) is 6.42 Å². The van der Waals surface area contributed by atoms with Gasteiger partial charge in [-0.3, -0.25) is 0 Å². The molecular weight excluding hydrogens is 258 g/mol. The van der Waals surface area contributed by atoms with Crippen molar-refractivity contribution < 1.29 is 5.11 Å². The van der Waals surface area contributed by atoms with Crippen LogP contribution >= 0.6 is 23.1 Å². The molecule has 1 unspecified atom stereocenters. The van der Waals surface area contributed by atoms with Crippen LogP contribution in [0.2, 0.25) is 5.02 Å². The van der Waals surface area contributed by atoms with Crippen molar-refractivity contribution >= 4 is 34.0 Å². The third kappa shape index (κ3) is 3.66. The molecule has 17 heavy (non-hydrogen) atoms. The van der Waals surface area contributed by atoms with Crippen molar-refractivity contribution in [2.24, 2.45) is 0 Å². The van der Waals surface area contributed by atoms with Gasteiger partial charge in [-0.1, -0.05) is 11.6 Å². The molecule has 0 aliphatic carbocycles. The van der Waals surface area contributed by atoms with Crippen molar-refractivity contribution in [1.29, 1.82) is 0 Å². The first-order valence-electron chi connectivity index (χ1n) is 5.17. The second kappa shape index (κ2) is 5.44. The fourth-order valence-electron chi connectivity index (χ4n) is 1.31. The Kier molecular flexibility index (Phi) is 3.93. The molecule has 1 atom stereocenters. The summed E-state index contributed by atoms with van der Waals surface area (Å²) in [7, 11) is 0. The van der Waals surface area contributed by atoms with Crippen LogP contribution in [0.15, 0.2) is 24.3 Å². The lowest BCUT2D eigenvalue weighted by Gasteiger charge is -2.01. The average Bonchev–Trinajstić information content (AvgIpc) is 2.68. The molecule has 2 N–H and O–H groups in total. The van der Waals surface area contributed by atoms with Crippen molar-refractivity contribution in [3.8, 4) is 0 Å². The molecule has 4 nitrogen and oxygen atoms in total. The number of nitrogens with zero attached hydrogens (tertiary/aromatic N) is 2. The van der Waals surface area contributed by atoms with Gasteiger partial charge in [0, 0.05) is 28.7 Å². The van der Waals surface area contributed by atoms with Gasteiger partial charge >= 0.3 is 0 Å². The largest absolute Gasteiger partial charge is 0.393 e. The number of hydrogen-bond donors (Lipinski definition) is 2. The summed E-state index contributed by atoms with van der Waals surface area (Å²) in [6, 6.07) is 7.36. The zero-order valence-corrected chi connectivity index (χ0v) is 10.8. The maximum absolute atomic E-state index is 9.22. The van der Waals surface area contributed by atoms with Gasteiger partial charge < -0.3 is 10.4 Å². The highest BCUT2D eigenvalue weighted by Crippen LogP contribution is 2.20. The third-order valence-electron chi connectivity index (χ3n) is 2.04. The Labute approximate surface area is 108 Å². The number of hydrogen-bond acceptors (Lipinski definition) is 5. The molecule has 1 aromatic carbocycles. The highest BCUT2D eigenvalue weighted by molar-refractivity contribution is 7.09. The molecule has 1 heterocycles. The van der Waals surface area contributed by atoms with E-state index in [0.29, 0.717) is 22.4 Å². The summed E-state index contributed by atoms with van der Waals surface area (Å²) in [4.78, 5) is 4.27. The van der Waals surface area contributed by atoms with Gasteiger partial charge in [-0.15, -0.1) is 0 Å². The topological polar surface area (TPSA) is 58.0 Å². The fourth-order valence-corrected chi connectivity index (χ4v) is 2.05. The molecule has 2 aromatic rings. The van der Waals surface area contributed by atoms with E-state index in [1.54, 1.807) is 6.92 Å². The van der Waals surface area contributed by atoms with E-state index in [1.807, 2.05) is 24.3 Å². The number of aliphatic hydroxyl groups is 1. The molecule has 0 saturated carbocycles. The minimum atomic E-state index is -0.423. The van der Waals surface area contributed by atoms with Gasteiger partial charge in [0.2, 0.25) is 5.13 Å². The maximum atomic E-state index is 9.22.